The first-order chi connectivity index (χ1) is 37.0. The number of rotatable bonds is 13. The number of aliphatic hydroxyl groups is 1. The Bertz CT molecular complexity index is 3240. The maximum Gasteiger partial charge on any atom is 0.421 e. The third kappa shape index (κ3) is 9.52. The molecule has 0 radical (unpaired) electrons. The fourth-order valence-corrected chi connectivity index (χ4v) is 10.9. The van der Waals surface area contributed by atoms with Crippen molar-refractivity contribution in [3.8, 4) is 17.6 Å². The number of ether oxygens (including phenoxy) is 4. The number of non-ortho nitro benzene ring substituents is 1. The van der Waals surface area contributed by atoms with E-state index in [0.29, 0.717) is 59.8 Å². The first kappa shape index (κ1) is 50.4. The number of cyclic esters (lactones) is 1. The first-order valence-electron chi connectivity index (χ1n) is 24.5. The molecule has 6 aromatic rings. The number of nitrogens with two attached hydrogens (primary N) is 1. The van der Waals surface area contributed by atoms with Crippen LogP contribution in [0.1, 0.15) is 51.6 Å². The standard InChI is InChI=1S/C57H51N7O12/c58-55(69)59-27-9-10-36-19-26-45-44(34-36)57(54(68)62(45)56(70)75-35-37-17-22-42(23-18-37)64(71)72)47(52(66)60-40-20-24-41(25-21-40)61-28-31-73-32-29-61)49-53(67)76-50(39-13-5-2-6-14-39)48(38-11-3-1-4-12-38)63(49)51(57)43-15-7-8-16-46(43)74-33-30-65/h1-8,11-26,34,47-51,65H,27-33,35H2,(H,60,66)(H3,58,59,69)/t47-,48-,49-,50+,51+,57-/m1/s1. The van der Waals surface area contributed by atoms with Gasteiger partial charge in [-0.25, -0.2) is 14.5 Å². The van der Waals surface area contributed by atoms with Crippen LogP contribution < -0.4 is 30.9 Å². The van der Waals surface area contributed by atoms with Gasteiger partial charge in [-0.3, -0.25) is 29.4 Å². The third-order valence-corrected chi connectivity index (χ3v) is 14.1. The summed E-state index contributed by atoms with van der Waals surface area (Å²) in [7, 11) is 0. The van der Waals surface area contributed by atoms with Crippen molar-refractivity contribution in [2.45, 2.75) is 36.3 Å². The van der Waals surface area contributed by atoms with Crippen LogP contribution in [-0.2, 0) is 40.6 Å². The number of hydrogen-bond donors (Lipinski definition) is 4. The molecule has 5 N–H and O–H groups in total. The summed E-state index contributed by atoms with van der Waals surface area (Å²) < 4.78 is 24.4. The predicted molar refractivity (Wildman–Crippen MR) is 277 cm³/mol. The van der Waals surface area contributed by atoms with Gasteiger partial charge in [0.2, 0.25) is 11.8 Å². The lowest BCUT2D eigenvalue weighted by molar-refractivity contribution is -0.384. The number of morpholine rings is 2. The van der Waals surface area contributed by atoms with E-state index in [4.69, 9.17) is 24.7 Å². The summed E-state index contributed by atoms with van der Waals surface area (Å²) in [5, 5.41) is 27.1. The number of carbonyl (C=O) groups is 5. The highest BCUT2D eigenvalue weighted by molar-refractivity contribution is 6.24. The molecule has 76 heavy (non-hydrogen) atoms. The molecule has 4 aliphatic rings. The first-order valence-corrected chi connectivity index (χ1v) is 24.5. The van der Waals surface area contributed by atoms with Crippen molar-refractivity contribution >= 4 is 52.7 Å². The number of para-hydroxylation sites is 1. The maximum absolute atomic E-state index is 16.7. The SMILES string of the molecule is NC(=O)NCC#Cc1ccc2c(c1)[C@]1(C(=O)N2C(=O)OCc2ccc([N+](=O)[O-])cc2)[C@H](c2ccccc2OCCO)N2[C@H](c3ccccc3)[C@H](c3ccccc3)OC(=O)[C@H]2[C@@H]1C(=O)Nc1ccc(N2CCOCC2)cc1. The Morgan fingerprint density at radius 3 is 2.21 bits per heavy atom. The quantitative estimate of drug-likeness (QED) is 0.0420. The van der Waals surface area contributed by atoms with Crippen molar-refractivity contribution < 1.29 is 52.9 Å². The van der Waals surface area contributed by atoms with Crippen LogP contribution in [0.2, 0.25) is 0 Å². The molecule has 0 unspecified atom stereocenters. The molecule has 6 aromatic carbocycles. The number of fused-ring (bicyclic) bond motifs is 3. The lowest BCUT2D eigenvalue weighted by Gasteiger charge is -2.46. The van der Waals surface area contributed by atoms with Crippen LogP contribution >= 0.6 is 0 Å². The number of carbonyl (C=O) groups excluding carboxylic acids is 5. The molecule has 0 bridgehead atoms. The average molecular weight is 1030 g/mol. The molecule has 0 aromatic heterocycles. The van der Waals surface area contributed by atoms with E-state index in [1.165, 1.54) is 30.3 Å². The Kier molecular flexibility index (Phi) is 14.5. The highest BCUT2D eigenvalue weighted by Crippen LogP contribution is 2.67. The Balaban J connectivity index is 1.22. The minimum absolute atomic E-state index is 0.00927. The van der Waals surface area contributed by atoms with Gasteiger partial charge in [0, 0.05) is 47.7 Å². The zero-order valence-corrected chi connectivity index (χ0v) is 40.8. The zero-order chi connectivity index (χ0) is 52.9. The number of nitro benzene ring substituents is 1. The number of benzene rings is 6. The van der Waals surface area contributed by atoms with Crippen molar-refractivity contribution in [1.29, 1.82) is 0 Å². The molecule has 4 heterocycles. The predicted octanol–water partition coefficient (Wildman–Crippen LogP) is 6.46. The largest absolute Gasteiger partial charge is 0.491 e. The maximum atomic E-state index is 16.7. The minimum atomic E-state index is -2.26. The van der Waals surface area contributed by atoms with Gasteiger partial charge in [-0.05, 0) is 82.9 Å². The van der Waals surface area contributed by atoms with Gasteiger partial charge in [0.1, 0.15) is 36.5 Å². The van der Waals surface area contributed by atoms with Gasteiger partial charge in [-0.15, -0.1) is 0 Å². The summed E-state index contributed by atoms with van der Waals surface area (Å²) in [4.78, 5) is 90.8. The number of nitrogens with zero attached hydrogens (tertiary/aromatic N) is 4. The summed E-state index contributed by atoms with van der Waals surface area (Å²) in [6.07, 6.45) is -2.18. The Hall–Kier alpha value is -9.09. The zero-order valence-electron chi connectivity index (χ0n) is 40.8. The van der Waals surface area contributed by atoms with E-state index in [9.17, 15) is 24.8 Å². The topological polar surface area (TPSA) is 245 Å². The molecule has 1 spiro atoms. The molecule has 0 saturated carbocycles. The van der Waals surface area contributed by atoms with E-state index in [1.807, 2.05) is 77.7 Å². The summed E-state index contributed by atoms with van der Waals surface area (Å²) in [5.41, 5.74) is 6.54. The number of primary amides is 1. The van der Waals surface area contributed by atoms with E-state index in [-0.39, 0.29) is 42.4 Å². The third-order valence-electron chi connectivity index (χ3n) is 14.1. The molecule has 10 rings (SSSR count). The van der Waals surface area contributed by atoms with Crippen LogP contribution in [0.3, 0.4) is 0 Å². The summed E-state index contributed by atoms with van der Waals surface area (Å²) in [6, 6.07) is 37.8. The second kappa shape index (κ2) is 21.8. The van der Waals surface area contributed by atoms with Crippen LogP contribution in [0.25, 0.3) is 0 Å². The van der Waals surface area contributed by atoms with E-state index in [0.717, 1.165) is 10.6 Å². The molecule has 19 nitrogen and oxygen atoms in total. The van der Waals surface area contributed by atoms with Gasteiger partial charge in [-0.2, -0.15) is 0 Å². The van der Waals surface area contributed by atoms with Gasteiger partial charge in [0.05, 0.1) is 55.0 Å². The smallest absolute Gasteiger partial charge is 0.421 e. The van der Waals surface area contributed by atoms with Gasteiger partial charge in [0.25, 0.3) is 5.69 Å². The van der Waals surface area contributed by atoms with E-state index in [2.05, 4.69) is 27.4 Å². The van der Waals surface area contributed by atoms with Gasteiger partial charge in [-0.1, -0.05) is 90.7 Å². The molecule has 0 aliphatic carbocycles. The molecule has 386 valence electrons. The van der Waals surface area contributed by atoms with Crippen LogP contribution in [0, 0.1) is 27.9 Å². The number of anilines is 3. The Labute approximate surface area is 436 Å². The minimum Gasteiger partial charge on any atom is -0.491 e. The monoisotopic (exact) mass is 1030 g/mol. The molecule has 5 amide bonds. The van der Waals surface area contributed by atoms with Crippen LogP contribution in [0.5, 0.6) is 5.75 Å². The van der Waals surface area contributed by atoms with Gasteiger partial charge < -0.3 is 45.3 Å². The molecule has 19 heteroatoms. The number of aliphatic hydroxyl groups excluding tert-OH is 1. The van der Waals surface area contributed by atoms with Crippen molar-refractivity contribution in [3.05, 3.63) is 195 Å². The van der Waals surface area contributed by atoms with Crippen molar-refractivity contribution in [2.75, 3.05) is 61.2 Å². The van der Waals surface area contributed by atoms with Gasteiger partial charge >= 0.3 is 18.1 Å². The number of hydrogen-bond acceptors (Lipinski definition) is 14. The second-order valence-electron chi connectivity index (χ2n) is 18.4. The number of imide groups is 1. The molecular formula is C57H51N7O12. The van der Waals surface area contributed by atoms with E-state index in [1.54, 1.807) is 48.5 Å². The van der Waals surface area contributed by atoms with Crippen molar-refractivity contribution in [2.24, 2.45) is 11.7 Å². The number of nitro groups is 1. The van der Waals surface area contributed by atoms with E-state index >= 15 is 14.4 Å². The van der Waals surface area contributed by atoms with E-state index < -0.39 is 77.0 Å². The molecule has 3 saturated heterocycles. The van der Waals surface area contributed by atoms with Crippen molar-refractivity contribution in [1.82, 2.24) is 10.2 Å². The van der Waals surface area contributed by atoms with Crippen LogP contribution in [0.15, 0.2) is 152 Å². The lowest BCUT2D eigenvalue weighted by atomic mass is 9.65. The number of nitrogens with one attached hydrogen (secondary N) is 2. The summed E-state index contributed by atoms with van der Waals surface area (Å²) >= 11 is 0. The summed E-state index contributed by atoms with van der Waals surface area (Å²) in [6.45, 7) is 1.30. The highest BCUT2D eigenvalue weighted by Gasteiger charge is 2.76. The number of urea groups is 1. The molecule has 3 fully saturated rings. The lowest BCUT2D eigenvalue weighted by Crippen LogP contribution is -2.54. The second-order valence-corrected chi connectivity index (χ2v) is 18.4. The average Bonchev–Trinajstić information content (AvgIpc) is 4.10. The van der Waals surface area contributed by atoms with Gasteiger partial charge in [0.15, 0.2) is 0 Å². The fourth-order valence-electron chi connectivity index (χ4n) is 10.9. The Morgan fingerprint density at radius 2 is 1.53 bits per heavy atom. The molecule has 6 atom stereocenters. The fraction of sp³-hybridized carbons (Fsp3) is 0.246. The molecule has 4 aliphatic heterocycles. The van der Waals surface area contributed by atoms with Crippen molar-refractivity contribution in [3.63, 3.8) is 0 Å². The molecular weight excluding hydrogens is 975 g/mol. The number of esters is 1. The highest BCUT2D eigenvalue weighted by atomic mass is 16.6. The Morgan fingerprint density at radius 1 is 0.842 bits per heavy atom. The van der Waals surface area contributed by atoms with Crippen LogP contribution in [-0.4, -0.2) is 96.9 Å². The summed E-state index contributed by atoms with van der Waals surface area (Å²) in [5.74, 6) is 1.84. The normalized spacial score (nSPS) is 21.6. The van der Waals surface area contributed by atoms with Crippen LogP contribution in [0.4, 0.5) is 32.3 Å². The number of amides is 5.